The molecule has 0 radical (unpaired) electrons. The Bertz CT molecular complexity index is 1290. The number of carbonyl (C=O) groups excluding carboxylic acids is 1. The lowest BCUT2D eigenvalue weighted by Gasteiger charge is -2.26. The summed E-state index contributed by atoms with van der Waals surface area (Å²) < 4.78 is 1.80. The fraction of sp³-hybridized carbons (Fsp3) is 0.296. The molecule has 1 saturated carbocycles. The van der Waals surface area contributed by atoms with E-state index in [1.165, 1.54) is 0 Å². The molecular weight excluding hydrogens is 426 g/mol. The summed E-state index contributed by atoms with van der Waals surface area (Å²) in [5.41, 5.74) is 5.98. The van der Waals surface area contributed by atoms with Gasteiger partial charge in [0.15, 0.2) is 5.65 Å². The number of nitrogens with zero attached hydrogens (tertiary/aromatic N) is 3. The van der Waals surface area contributed by atoms with Gasteiger partial charge in [0.25, 0.3) is 5.91 Å². The highest BCUT2D eigenvalue weighted by Crippen LogP contribution is 2.29. The van der Waals surface area contributed by atoms with E-state index in [0.29, 0.717) is 23.8 Å². The van der Waals surface area contributed by atoms with Crippen molar-refractivity contribution in [3.63, 3.8) is 0 Å². The molecule has 0 unspecified atom stereocenters. The lowest BCUT2D eigenvalue weighted by atomic mass is 9.93. The van der Waals surface area contributed by atoms with Gasteiger partial charge in [-0.1, -0.05) is 42.5 Å². The van der Waals surface area contributed by atoms with E-state index in [1.54, 1.807) is 10.7 Å². The van der Waals surface area contributed by atoms with Gasteiger partial charge in [-0.3, -0.25) is 9.20 Å². The van der Waals surface area contributed by atoms with Gasteiger partial charge in [-0.15, -0.1) is 10.2 Å². The molecule has 1 amide bonds. The smallest absolute Gasteiger partial charge is 0.259 e. The van der Waals surface area contributed by atoms with Crippen LogP contribution in [0.25, 0.3) is 16.8 Å². The highest BCUT2D eigenvalue weighted by molar-refractivity contribution is 6.09. The molecular formula is C27H29N5O2. The van der Waals surface area contributed by atoms with Gasteiger partial charge < -0.3 is 15.7 Å². The Hall–Kier alpha value is -3.55. The number of benzene rings is 2. The topological polar surface area (TPSA) is 91.5 Å². The first-order valence-electron chi connectivity index (χ1n) is 11.8. The summed E-state index contributed by atoms with van der Waals surface area (Å²) in [6.07, 6.45) is 6.98. The van der Waals surface area contributed by atoms with Crippen molar-refractivity contribution in [1.29, 1.82) is 0 Å². The number of hydrogen-bond donors (Lipinski definition) is 3. The molecule has 2 heterocycles. The van der Waals surface area contributed by atoms with Gasteiger partial charge in [-0.2, -0.15) is 0 Å². The third kappa shape index (κ3) is 4.71. The predicted octanol–water partition coefficient (Wildman–Crippen LogP) is 4.35. The molecule has 0 bridgehead atoms. The molecule has 7 nitrogen and oxygen atoms in total. The minimum absolute atomic E-state index is 0.175. The Morgan fingerprint density at radius 3 is 2.68 bits per heavy atom. The van der Waals surface area contributed by atoms with Gasteiger partial charge in [0.05, 0.1) is 11.7 Å². The van der Waals surface area contributed by atoms with E-state index in [4.69, 9.17) is 0 Å². The Balaban J connectivity index is 1.38. The number of pyridine rings is 1. The molecule has 0 saturated heterocycles. The number of anilines is 1. The highest BCUT2D eigenvalue weighted by atomic mass is 16.3. The zero-order valence-electron chi connectivity index (χ0n) is 19.2. The monoisotopic (exact) mass is 455 g/mol. The van der Waals surface area contributed by atoms with Crippen LogP contribution in [0.2, 0.25) is 0 Å². The third-order valence-corrected chi connectivity index (χ3v) is 6.65. The largest absolute Gasteiger partial charge is 0.393 e. The fourth-order valence-corrected chi connectivity index (χ4v) is 4.69. The van der Waals surface area contributed by atoms with E-state index < -0.39 is 0 Å². The first kappa shape index (κ1) is 22.3. The summed E-state index contributed by atoms with van der Waals surface area (Å²) in [6.45, 7) is 2.66. The number of amides is 1. The molecule has 0 atom stereocenters. The van der Waals surface area contributed by atoms with Gasteiger partial charge in [0, 0.05) is 24.5 Å². The van der Waals surface area contributed by atoms with E-state index in [-0.39, 0.29) is 12.0 Å². The van der Waals surface area contributed by atoms with Crippen molar-refractivity contribution in [2.45, 2.75) is 51.3 Å². The second kappa shape index (κ2) is 9.75. The van der Waals surface area contributed by atoms with E-state index in [1.807, 2.05) is 49.5 Å². The summed E-state index contributed by atoms with van der Waals surface area (Å²) in [5.74, 6) is -0.214. The van der Waals surface area contributed by atoms with Crippen LogP contribution in [0.3, 0.4) is 0 Å². The van der Waals surface area contributed by atoms with Crippen molar-refractivity contribution in [2.75, 3.05) is 5.32 Å². The quantitative estimate of drug-likeness (QED) is 0.402. The summed E-state index contributed by atoms with van der Waals surface area (Å²) in [6, 6.07) is 18.4. The van der Waals surface area contributed by atoms with E-state index >= 15 is 0 Å². The predicted molar refractivity (Wildman–Crippen MR) is 133 cm³/mol. The second-order valence-electron chi connectivity index (χ2n) is 9.01. The SMILES string of the molecule is Cc1c(NC(=O)c2cc(CNC3CCC(O)CC3)cn3cnnc23)cccc1-c1ccccc1. The number of fused-ring (bicyclic) bond motifs is 1. The Morgan fingerprint density at radius 2 is 1.88 bits per heavy atom. The molecule has 2 aromatic carbocycles. The molecule has 4 aromatic rings. The van der Waals surface area contributed by atoms with E-state index in [9.17, 15) is 9.90 Å². The van der Waals surface area contributed by atoms with Crippen molar-refractivity contribution >= 4 is 17.2 Å². The lowest BCUT2D eigenvalue weighted by Crippen LogP contribution is -2.34. The zero-order valence-corrected chi connectivity index (χ0v) is 19.2. The Kier molecular flexibility index (Phi) is 6.38. The minimum atomic E-state index is -0.214. The maximum atomic E-state index is 13.4. The molecule has 0 spiro atoms. The van der Waals surface area contributed by atoms with Crippen LogP contribution in [-0.4, -0.2) is 37.8 Å². The number of aliphatic hydroxyl groups is 1. The molecule has 3 N–H and O–H groups in total. The standard InChI is InChI=1S/C27H29N5O2/c1-18-23(20-6-3-2-4-7-20)8-5-9-25(18)30-27(34)24-14-19(16-32-17-29-31-26(24)32)15-28-21-10-12-22(33)13-11-21/h2-9,14,16-17,21-22,28,33H,10-13,15H2,1H3,(H,30,34). The molecule has 174 valence electrons. The molecule has 5 rings (SSSR count). The average molecular weight is 456 g/mol. The van der Waals surface area contributed by atoms with Crippen molar-refractivity contribution in [1.82, 2.24) is 19.9 Å². The highest BCUT2D eigenvalue weighted by Gasteiger charge is 2.20. The minimum Gasteiger partial charge on any atom is -0.393 e. The first-order valence-corrected chi connectivity index (χ1v) is 11.8. The van der Waals surface area contributed by atoms with Crippen molar-refractivity contribution < 1.29 is 9.90 Å². The van der Waals surface area contributed by atoms with Crippen LogP contribution in [0.15, 0.2) is 67.1 Å². The number of aromatic nitrogens is 3. The molecule has 1 aliphatic rings. The van der Waals surface area contributed by atoms with Crippen molar-refractivity contribution in [3.05, 3.63) is 83.8 Å². The summed E-state index contributed by atoms with van der Waals surface area (Å²) in [4.78, 5) is 13.4. The number of aliphatic hydroxyl groups excluding tert-OH is 1. The van der Waals surface area contributed by atoms with E-state index in [0.717, 1.165) is 53.6 Å². The summed E-state index contributed by atoms with van der Waals surface area (Å²) in [5, 5.41) is 24.6. The normalized spacial score (nSPS) is 18.2. The maximum absolute atomic E-state index is 13.4. The number of carbonyl (C=O) groups is 1. The number of hydrogen-bond acceptors (Lipinski definition) is 5. The van der Waals surface area contributed by atoms with Crippen molar-refractivity contribution in [3.8, 4) is 11.1 Å². The molecule has 1 fully saturated rings. The maximum Gasteiger partial charge on any atom is 0.259 e. The van der Waals surface area contributed by atoms with Crippen LogP contribution in [0.4, 0.5) is 5.69 Å². The van der Waals surface area contributed by atoms with Gasteiger partial charge in [0.1, 0.15) is 6.33 Å². The molecule has 2 aromatic heterocycles. The number of nitrogens with one attached hydrogen (secondary N) is 2. The summed E-state index contributed by atoms with van der Waals surface area (Å²) in [7, 11) is 0. The van der Waals surface area contributed by atoms with Gasteiger partial charge in [0.2, 0.25) is 0 Å². The first-order chi connectivity index (χ1) is 16.6. The van der Waals surface area contributed by atoms with Crippen molar-refractivity contribution in [2.24, 2.45) is 0 Å². The van der Waals surface area contributed by atoms with Crippen LogP contribution in [-0.2, 0) is 6.54 Å². The van der Waals surface area contributed by atoms with Crippen LogP contribution in [0, 0.1) is 6.92 Å². The molecule has 1 aliphatic carbocycles. The van der Waals surface area contributed by atoms with Crippen LogP contribution in [0.1, 0.15) is 47.2 Å². The molecule has 0 aliphatic heterocycles. The Labute approximate surface area is 198 Å². The molecule has 7 heteroatoms. The van der Waals surface area contributed by atoms with Gasteiger partial charge >= 0.3 is 0 Å². The Morgan fingerprint density at radius 1 is 1.09 bits per heavy atom. The van der Waals surface area contributed by atoms with Crippen LogP contribution < -0.4 is 10.6 Å². The lowest BCUT2D eigenvalue weighted by molar-refractivity contribution is 0.102. The van der Waals surface area contributed by atoms with E-state index in [2.05, 4.69) is 39.0 Å². The zero-order chi connectivity index (χ0) is 23.5. The second-order valence-corrected chi connectivity index (χ2v) is 9.01. The van der Waals surface area contributed by atoms with Gasteiger partial charge in [-0.05, 0) is 67.0 Å². The third-order valence-electron chi connectivity index (χ3n) is 6.65. The van der Waals surface area contributed by atoms with Crippen LogP contribution >= 0.6 is 0 Å². The van der Waals surface area contributed by atoms with Crippen LogP contribution in [0.5, 0.6) is 0 Å². The summed E-state index contributed by atoms with van der Waals surface area (Å²) >= 11 is 0. The fourth-order valence-electron chi connectivity index (χ4n) is 4.69. The van der Waals surface area contributed by atoms with Gasteiger partial charge in [-0.25, -0.2) is 0 Å². The average Bonchev–Trinajstić information content (AvgIpc) is 3.34. The number of rotatable bonds is 6. The molecule has 34 heavy (non-hydrogen) atoms.